The average Bonchev–Trinajstić information content (AvgIpc) is 2.79. The zero-order chi connectivity index (χ0) is 14.8. The van der Waals surface area contributed by atoms with Crippen molar-refractivity contribution in [1.29, 1.82) is 0 Å². The molecule has 1 aliphatic carbocycles. The van der Waals surface area contributed by atoms with E-state index in [1.54, 1.807) is 0 Å². The third-order valence-corrected chi connectivity index (χ3v) is 6.08. The van der Waals surface area contributed by atoms with Crippen LogP contribution in [-0.4, -0.2) is 15.0 Å². The molecule has 20 heavy (non-hydrogen) atoms. The van der Waals surface area contributed by atoms with Crippen molar-refractivity contribution in [2.24, 2.45) is 17.6 Å². The molecule has 0 aromatic carbocycles. The fraction of sp³-hybridized carbons (Fsp3) is 0.692. The molecule has 7 heteroatoms. The van der Waals surface area contributed by atoms with Gasteiger partial charge in [0.2, 0.25) is 10.0 Å². The molecule has 2 rings (SSSR count). The van der Waals surface area contributed by atoms with Crippen molar-refractivity contribution < 1.29 is 12.8 Å². The fourth-order valence-electron chi connectivity index (χ4n) is 2.73. The van der Waals surface area contributed by atoms with Gasteiger partial charge in [0.05, 0.1) is 6.54 Å². The van der Waals surface area contributed by atoms with Crippen molar-refractivity contribution >= 4 is 26.0 Å². The number of rotatable bonds is 5. The van der Waals surface area contributed by atoms with E-state index in [1.165, 1.54) is 18.9 Å². The molecule has 0 aliphatic heterocycles. The Hall–Kier alpha value is -0.370. The summed E-state index contributed by atoms with van der Waals surface area (Å²) >= 11 is 3.13. The Bertz CT molecular complexity index is 556. The second-order valence-corrected chi connectivity index (χ2v) is 8.00. The van der Waals surface area contributed by atoms with Crippen molar-refractivity contribution in [2.75, 3.05) is 6.54 Å². The van der Waals surface area contributed by atoms with Gasteiger partial charge in [0, 0.05) is 12.6 Å². The predicted molar refractivity (Wildman–Crippen MR) is 80.6 cm³/mol. The summed E-state index contributed by atoms with van der Waals surface area (Å²) in [5.41, 5.74) is 5.45. The number of nitrogens with two attached hydrogens (primary N) is 1. The van der Waals surface area contributed by atoms with Gasteiger partial charge in [-0.3, -0.25) is 0 Å². The molecule has 1 heterocycles. The van der Waals surface area contributed by atoms with E-state index in [0.29, 0.717) is 24.1 Å². The number of furan rings is 1. The van der Waals surface area contributed by atoms with Crippen LogP contribution in [0.3, 0.4) is 0 Å². The highest BCUT2D eigenvalue weighted by molar-refractivity contribution is 9.10. The van der Waals surface area contributed by atoms with E-state index in [4.69, 9.17) is 10.2 Å². The van der Waals surface area contributed by atoms with E-state index in [9.17, 15) is 8.42 Å². The first-order chi connectivity index (χ1) is 9.42. The topological polar surface area (TPSA) is 85.3 Å². The highest BCUT2D eigenvalue weighted by Gasteiger charge is 2.25. The minimum Gasteiger partial charge on any atom is -0.452 e. The Morgan fingerprint density at radius 1 is 1.50 bits per heavy atom. The van der Waals surface area contributed by atoms with E-state index in [0.717, 1.165) is 12.8 Å². The first-order valence-electron chi connectivity index (χ1n) is 6.90. The van der Waals surface area contributed by atoms with Gasteiger partial charge in [-0.15, -0.1) is 0 Å². The minimum absolute atomic E-state index is 0.127. The lowest BCUT2D eigenvalue weighted by molar-refractivity contribution is 0.283. The maximum Gasteiger partial charge on any atom is 0.244 e. The maximum atomic E-state index is 12.3. The van der Waals surface area contributed by atoms with Gasteiger partial charge in [-0.1, -0.05) is 19.8 Å². The van der Waals surface area contributed by atoms with Crippen molar-refractivity contribution in [3.8, 4) is 0 Å². The van der Waals surface area contributed by atoms with Gasteiger partial charge in [0.25, 0.3) is 0 Å². The molecule has 1 aromatic heterocycles. The molecule has 1 aromatic rings. The highest BCUT2D eigenvalue weighted by atomic mass is 79.9. The monoisotopic (exact) mass is 364 g/mol. The molecular formula is C13H21BrN2O3S. The summed E-state index contributed by atoms with van der Waals surface area (Å²) in [5.74, 6) is 1.56. The van der Waals surface area contributed by atoms with Crippen molar-refractivity contribution in [1.82, 2.24) is 4.72 Å². The zero-order valence-electron chi connectivity index (χ0n) is 11.6. The average molecular weight is 365 g/mol. The highest BCUT2D eigenvalue weighted by Crippen LogP contribution is 2.29. The Labute approximate surface area is 128 Å². The Balaban J connectivity index is 2.01. The molecule has 2 atom stereocenters. The summed E-state index contributed by atoms with van der Waals surface area (Å²) in [6.45, 7) is 2.89. The lowest BCUT2D eigenvalue weighted by atomic mass is 9.83. The molecule has 3 N–H and O–H groups in total. The van der Waals surface area contributed by atoms with Gasteiger partial charge < -0.3 is 10.2 Å². The Morgan fingerprint density at radius 3 is 2.85 bits per heavy atom. The van der Waals surface area contributed by atoms with Crippen LogP contribution in [0.2, 0.25) is 0 Å². The number of hydrogen-bond acceptors (Lipinski definition) is 4. The lowest BCUT2D eigenvalue weighted by Crippen LogP contribution is -2.31. The van der Waals surface area contributed by atoms with Gasteiger partial charge in [-0.05, 0) is 40.6 Å². The summed E-state index contributed by atoms with van der Waals surface area (Å²) < 4.78 is 32.7. The number of hydrogen-bond donors (Lipinski definition) is 2. The standard InChI is InChI=1S/C13H21BrN2O3S/c1-9-3-2-4-10(5-9)8-16-20(17,18)12-6-11(7-15)19-13(12)14/h6,9-10,16H,2-5,7-8,15H2,1H3. The first kappa shape index (κ1) is 16.0. The molecule has 0 bridgehead atoms. The first-order valence-corrected chi connectivity index (χ1v) is 9.18. The summed E-state index contributed by atoms with van der Waals surface area (Å²) in [4.78, 5) is 0.127. The molecule has 1 aliphatic rings. The Morgan fingerprint density at radius 2 is 2.25 bits per heavy atom. The minimum atomic E-state index is -3.54. The van der Waals surface area contributed by atoms with Gasteiger partial charge in [-0.25, -0.2) is 13.1 Å². The zero-order valence-corrected chi connectivity index (χ0v) is 14.0. The number of halogens is 1. The summed E-state index contributed by atoms with van der Waals surface area (Å²) in [5, 5.41) is 0. The number of nitrogens with one attached hydrogen (secondary N) is 1. The summed E-state index contributed by atoms with van der Waals surface area (Å²) in [6.07, 6.45) is 4.60. The van der Waals surface area contributed by atoms with Crippen LogP contribution in [0.5, 0.6) is 0 Å². The van der Waals surface area contributed by atoms with E-state index in [1.807, 2.05) is 0 Å². The molecule has 1 saturated carbocycles. The third kappa shape index (κ3) is 3.84. The van der Waals surface area contributed by atoms with E-state index in [2.05, 4.69) is 27.6 Å². The normalized spacial score (nSPS) is 23.9. The Kier molecular flexibility index (Phi) is 5.28. The van der Waals surface area contributed by atoms with Gasteiger partial charge in [-0.2, -0.15) is 0 Å². The van der Waals surface area contributed by atoms with E-state index >= 15 is 0 Å². The molecular weight excluding hydrogens is 344 g/mol. The van der Waals surface area contributed by atoms with E-state index in [-0.39, 0.29) is 16.1 Å². The molecule has 0 saturated heterocycles. The maximum absolute atomic E-state index is 12.3. The molecule has 114 valence electrons. The van der Waals surface area contributed by atoms with Crippen LogP contribution < -0.4 is 10.5 Å². The molecule has 2 unspecified atom stereocenters. The van der Waals surface area contributed by atoms with Gasteiger partial charge in [0.1, 0.15) is 10.7 Å². The smallest absolute Gasteiger partial charge is 0.244 e. The lowest BCUT2D eigenvalue weighted by Gasteiger charge is -2.26. The van der Waals surface area contributed by atoms with Crippen molar-refractivity contribution in [2.45, 2.75) is 44.0 Å². The molecule has 0 spiro atoms. The van der Waals surface area contributed by atoms with Crippen LogP contribution in [0.4, 0.5) is 0 Å². The van der Waals surface area contributed by atoms with Crippen LogP contribution in [-0.2, 0) is 16.6 Å². The van der Waals surface area contributed by atoms with E-state index < -0.39 is 10.0 Å². The van der Waals surface area contributed by atoms with Crippen LogP contribution in [0, 0.1) is 11.8 Å². The van der Waals surface area contributed by atoms with Gasteiger partial charge >= 0.3 is 0 Å². The quantitative estimate of drug-likeness (QED) is 0.840. The molecule has 1 fully saturated rings. The third-order valence-electron chi connectivity index (χ3n) is 3.80. The summed E-state index contributed by atoms with van der Waals surface area (Å²) in [6, 6.07) is 1.47. The van der Waals surface area contributed by atoms with Crippen LogP contribution in [0.15, 0.2) is 20.0 Å². The van der Waals surface area contributed by atoms with Crippen molar-refractivity contribution in [3.63, 3.8) is 0 Å². The number of sulfonamides is 1. The largest absolute Gasteiger partial charge is 0.452 e. The molecule has 0 amide bonds. The van der Waals surface area contributed by atoms with Gasteiger partial charge in [0.15, 0.2) is 4.67 Å². The van der Waals surface area contributed by atoms with Crippen LogP contribution in [0.1, 0.15) is 38.4 Å². The second kappa shape index (κ2) is 6.60. The van der Waals surface area contributed by atoms with Crippen LogP contribution >= 0.6 is 15.9 Å². The summed E-state index contributed by atoms with van der Waals surface area (Å²) in [7, 11) is -3.54. The van der Waals surface area contributed by atoms with Crippen molar-refractivity contribution in [3.05, 3.63) is 16.5 Å². The molecule has 0 radical (unpaired) electrons. The fourth-order valence-corrected chi connectivity index (χ4v) is 4.84. The van der Waals surface area contributed by atoms with Crippen LogP contribution in [0.25, 0.3) is 0 Å². The molecule has 5 nitrogen and oxygen atoms in total. The predicted octanol–water partition coefficient (Wildman–Crippen LogP) is 2.61. The second-order valence-electron chi connectivity index (χ2n) is 5.54. The SMILES string of the molecule is CC1CCCC(CNS(=O)(=O)c2cc(CN)oc2Br)C1.